The second kappa shape index (κ2) is 16.3. The summed E-state index contributed by atoms with van der Waals surface area (Å²) in [5.41, 5.74) is 3.10. The van der Waals surface area contributed by atoms with Gasteiger partial charge in [0.25, 0.3) is 0 Å². The van der Waals surface area contributed by atoms with Gasteiger partial charge in [0.1, 0.15) is 24.9 Å². The second-order valence-corrected chi connectivity index (χ2v) is 14.0. The third-order valence-corrected chi connectivity index (χ3v) is 9.61. The van der Waals surface area contributed by atoms with Crippen LogP contribution >= 0.6 is 0 Å². The van der Waals surface area contributed by atoms with Crippen molar-refractivity contribution in [2.75, 3.05) is 17.1 Å². The molecule has 1 fully saturated rings. The molecule has 246 valence electrons. The average molecular weight is 654 g/mol. The van der Waals surface area contributed by atoms with Crippen LogP contribution in [-0.4, -0.2) is 50.0 Å². The number of hydrogen-bond acceptors (Lipinski definition) is 5. The summed E-state index contributed by atoms with van der Waals surface area (Å²) in [7, 11) is -3.87. The van der Waals surface area contributed by atoms with Crippen LogP contribution in [0.15, 0.2) is 115 Å². The number of benzene rings is 4. The van der Waals surface area contributed by atoms with Gasteiger partial charge in [0.15, 0.2) is 0 Å². The highest BCUT2D eigenvalue weighted by atomic mass is 32.2. The molecule has 8 nitrogen and oxygen atoms in total. The van der Waals surface area contributed by atoms with Gasteiger partial charge >= 0.3 is 0 Å². The van der Waals surface area contributed by atoms with Gasteiger partial charge in [0, 0.05) is 19.0 Å². The Hall–Kier alpha value is -4.63. The van der Waals surface area contributed by atoms with E-state index < -0.39 is 28.5 Å². The summed E-state index contributed by atoms with van der Waals surface area (Å²) < 4.78 is 33.3. The number of rotatable bonds is 14. The Morgan fingerprint density at radius 2 is 1.32 bits per heavy atom. The molecule has 1 aliphatic rings. The fourth-order valence-corrected chi connectivity index (χ4v) is 6.79. The highest BCUT2D eigenvalue weighted by Crippen LogP contribution is 2.24. The molecule has 1 atom stereocenters. The minimum Gasteiger partial charge on any atom is -0.489 e. The number of amides is 2. The molecule has 2 amide bonds. The van der Waals surface area contributed by atoms with Crippen LogP contribution in [0.25, 0.3) is 0 Å². The van der Waals surface area contributed by atoms with E-state index in [4.69, 9.17) is 4.74 Å². The predicted molar refractivity (Wildman–Crippen MR) is 185 cm³/mol. The molecule has 5 rings (SSSR count). The van der Waals surface area contributed by atoms with Crippen molar-refractivity contribution >= 4 is 27.5 Å². The van der Waals surface area contributed by atoms with Gasteiger partial charge in [-0.05, 0) is 53.8 Å². The highest BCUT2D eigenvalue weighted by molar-refractivity contribution is 7.92. The molecule has 0 saturated heterocycles. The number of carbonyl (C=O) groups excluding carboxylic acids is 2. The maximum atomic E-state index is 14.3. The van der Waals surface area contributed by atoms with Crippen LogP contribution in [0.1, 0.15) is 48.8 Å². The Kier molecular flexibility index (Phi) is 11.7. The Balaban J connectivity index is 1.41. The van der Waals surface area contributed by atoms with Crippen molar-refractivity contribution in [1.82, 2.24) is 10.2 Å². The lowest BCUT2D eigenvalue weighted by Gasteiger charge is -2.35. The quantitative estimate of drug-likeness (QED) is 0.177. The van der Waals surface area contributed by atoms with Crippen LogP contribution in [0, 0.1) is 0 Å². The maximum absolute atomic E-state index is 14.3. The molecule has 4 aromatic carbocycles. The number of hydrogen-bond donors (Lipinski definition) is 1. The normalized spacial score (nSPS) is 14.1. The minimum atomic E-state index is -3.87. The van der Waals surface area contributed by atoms with Crippen molar-refractivity contribution in [3.05, 3.63) is 132 Å². The lowest BCUT2D eigenvalue weighted by atomic mass is 9.94. The first-order valence-corrected chi connectivity index (χ1v) is 18.0. The summed E-state index contributed by atoms with van der Waals surface area (Å²) in [5, 5.41) is 3.23. The molecule has 1 aliphatic carbocycles. The zero-order valence-electron chi connectivity index (χ0n) is 26.8. The average Bonchev–Trinajstić information content (AvgIpc) is 3.09. The van der Waals surface area contributed by atoms with E-state index in [1.165, 1.54) is 4.90 Å². The van der Waals surface area contributed by atoms with Crippen LogP contribution in [0.2, 0.25) is 0 Å². The Morgan fingerprint density at radius 3 is 1.89 bits per heavy atom. The zero-order valence-corrected chi connectivity index (χ0v) is 27.6. The molecule has 47 heavy (non-hydrogen) atoms. The zero-order chi connectivity index (χ0) is 33.1. The molecule has 1 unspecified atom stereocenters. The van der Waals surface area contributed by atoms with E-state index in [-0.39, 0.29) is 18.5 Å². The first kappa shape index (κ1) is 33.7. The molecular weight excluding hydrogens is 611 g/mol. The van der Waals surface area contributed by atoms with E-state index in [2.05, 4.69) is 5.32 Å². The van der Waals surface area contributed by atoms with Gasteiger partial charge in [0.05, 0.1) is 11.9 Å². The van der Waals surface area contributed by atoms with Gasteiger partial charge in [0.2, 0.25) is 21.8 Å². The fourth-order valence-electron chi connectivity index (χ4n) is 5.94. The smallest absolute Gasteiger partial charge is 0.244 e. The van der Waals surface area contributed by atoms with E-state index in [0.717, 1.165) is 59.4 Å². The van der Waals surface area contributed by atoms with Crippen LogP contribution in [-0.2, 0) is 39.2 Å². The number of ether oxygens (including phenoxy) is 1. The Labute approximate surface area is 278 Å². The first-order chi connectivity index (χ1) is 22.8. The van der Waals surface area contributed by atoms with Gasteiger partial charge < -0.3 is 15.0 Å². The molecule has 0 radical (unpaired) electrons. The van der Waals surface area contributed by atoms with E-state index in [0.29, 0.717) is 24.5 Å². The van der Waals surface area contributed by atoms with Crippen LogP contribution in [0.4, 0.5) is 5.69 Å². The topological polar surface area (TPSA) is 96.0 Å². The molecule has 0 aromatic heterocycles. The Morgan fingerprint density at radius 1 is 0.766 bits per heavy atom. The van der Waals surface area contributed by atoms with Crippen LogP contribution in [0.5, 0.6) is 5.75 Å². The number of sulfonamides is 1. The van der Waals surface area contributed by atoms with E-state index in [1.54, 1.807) is 24.3 Å². The van der Waals surface area contributed by atoms with E-state index >= 15 is 0 Å². The van der Waals surface area contributed by atoms with Crippen molar-refractivity contribution in [3.8, 4) is 5.75 Å². The largest absolute Gasteiger partial charge is 0.489 e. The molecule has 1 N–H and O–H groups in total. The van der Waals surface area contributed by atoms with Crippen molar-refractivity contribution in [2.45, 2.75) is 63.8 Å². The van der Waals surface area contributed by atoms with Crippen LogP contribution < -0.4 is 14.4 Å². The Bertz CT molecular complexity index is 1680. The summed E-state index contributed by atoms with van der Waals surface area (Å²) in [6, 6.07) is 34.7. The van der Waals surface area contributed by atoms with Gasteiger partial charge in [-0.3, -0.25) is 13.9 Å². The van der Waals surface area contributed by atoms with E-state index in [9.17, 15) is 18.0 Å². The highest BCUT2D eigenvalue weighted by Gasteiger charge is 2.34. The summed E-state index contributed by atoms with van der Waals surface area (Å²) >= 11 is 0. The standard InChI is InChI=1S/C38H43N3O5S/c1-47(44,45)41(34-22-24-35(25-23-34)46-29-32-18-10-4-11-19-32)28-37(42)40(27-31-16-8-3-9-17-31)36(26-30-14-6-2-7-15-30)38(43)39-33-20-12-5-13-21-33/h2-4,6-11,14-19,22-25,33,36H,5,12-13,20-21,26-29H2,1H3,(H,39,43). The minimum absolute atomic E-state index is 0.0540. The number of anilines is 1. The molecule has 1 saturated carbocycles. The number of nitrogens with zero attached hydrogens (tertiary/aromatic N) is 2. The summed E-state index contributed by atoms with van der Waals surface area (Å²) in [6.07, 6.45) is 6.45. The van der Waals surface area contributed by atoms with Gasteiger partial charge in [-0.1, -0.05) is 110 Å². The lowest BCUT2D eigenvalue weighted by molar-refractivity contribution is -0.140. The number of carbonyl (C=O) groups is 2. The molecular formula is C38H43N3O5S. The van der Waals surface area contributed by atoms with Crippen molar-refractivity contribution in [3.63, 3.8) is 0 Å². The maximum Gasteiger partial charge on any atom is 0.244 e. The summed E-state index contributed by atoms with van der Waals surface area (Å²) in [4.78, 5) is 29.9. The van der Waals surface area contributed by atoms with Crippen LogP contribution in [0.3, 0.4) is 0 Å². The molecule has 4 aromatic rings. The summed E-state index contributed by atoms with van der Waals surface area (Å²) in [6.45, 7) is 0.0612. The molecule has 0 aliphatic heterocycles. The SMILES string of the molecule is CS(=O)(=O)N(CC(=O)N(Cc1ccccc1)C(Cc1ccccc1)C(=O)NC1CCCCC1)c1ccc(OCc2ccccc2)cc1. The second-order valence-electron chi connectivity index (χ2n) is 12.1. The monoisotopic (exact) mass is 653 g/mol. The lowest BCUT2D eigenvalue weighted by Crippen LogP contribution is -2.55. The molecule has 9 heteroatoms. The van der Waals surface area contributed by atoms with Crippen molar-refractivity contribution in [1.29, 1.82) is 0 Å². The molecule has 0 spiro atoms. The van der Waals surface area contributed by atoms with Gasteiger partial charge in [-0.2, -0.15) is 0 Å². The van der Waals surface area contributed by atoms with E-state index in [1.807, 2.05) is 91.0 Å². The van der Waals surface area contributed by atoms with Gasteiger partial charge in [-0.25, -0.2) is 8.42 Å². The first-order valence-electron chi connectivity index (χ1n) is 16.2. The van der Waals surface area contributed by atoms with Crippen molar-refractivity contribution < 1.29 is 22.7 Å². The number of nitrogens with one attached hydrogen (secondary N) is 1. The molecule has 0 bridgehead atoms. The predicted octanol–water partition coefficient (Wildman–Crippen LogP) is 6.12. The third kappa shape index (κ3) is 9.93. The summed E-state index contributed by atoms with van der Waals surface area (Å²) in [5.74, 6) is -0.121. The van der Waals surface area contributed by atoms with Gasteiger partial charge in [-0.15, -0.1) is 0 Å². The third-order valence-electron chi connectivity index (χ3n) is 8.47. The fraction of sp³-hybridized carbons (Fsp3) is 0.316. The van der Waals surface area contributed by atoms with Crippen molar-refractivity contribution in [2.24, 2.45) is 0 Å². The molecule has 0 heterocycles.